The third-order valence-electron chi connectivity index (χ3n) is 5.76. The number of aromatic nitrogens is 4. The summed E-state index contributed by atoms with van der Waals surface area (Å²) in [6.45, 7) is 9.62. The van der Waals surface area contributed by atoms with Crippen LogP contribution in [0.25, 0.3) is 11.3 Å². The van der Waals surface area contributed by atoms with E-state index in [0.29, 0.717) is 5.92 Å². The van der Waals surface area contributed by atoms with Crippen molar-refractivity contribution in [2.75, 3.05) is 25.4 Å². The molecular formula is C23H32ClN5OS. The summed E-state index contributed by atoms with van der Waals surface area (Å²) in [6, 6.07) is 8.75. The summed E-state index contributed by atoms with van der Waals surface area (Å²) in [5.41, 5.74) is 5.00. The fraction of sp³-hybridized carbons (Fsp3) is 0.522. The highest BCUT2D eigenvalue weighted by Crippen LogP contribution is 2.25. The molecule has 4 rings (SSSR count). The van der Waals surface area contributed by atoms with Crippen LogP contribution in [0.15, 0.2) is 33.9 Å². The lowest BCUT2D eigenvalue weighted by Crippen LogP contribution is -2.27. The summed E-state index contributed by atoms with van der Waals surface area (Å²) in [5, 5.41) is 13.9. The molecule has 8 heteroatoms. The van der Waals surface area contributed by atoms with Crippen molar-refractivity contribution in [1.29, 1.82) is 0 Å². The summed E-state index contributed by atoms with van der Waals surface area (Å²) in [6.07, 6.45) is 3.37. The molecule has 168 valence electrons. The van der Waals surface area contributed by atoms with Crippen LogP contribution in [0.5, 0.6) is 0 Å². The molecule has 3 aromatic rings. The van der Waals surface area contributed by atoms with Crippen molar-refractivity contribution in [3.63, 3.8) is 0 Å². The Labute approximate surface area is 195 Å². The Kier molecular flexibility index (Phi) is 8.19. The SMILES string of the molecule is Cc1cc(-c2ccc3c(c2)CCN(CCCSc2nnc(C(C)C)n2C)CC3)no1.Cl. The normalized spacial score (nSPS) is 14.4. The van der Waals surface area contributed by atoms with Gasteiger partial charge in [-0.1, -0.05) is 42.9 Å². The molecule has 2 aromatic heterocycles. The summed E-state index contributed by atoms with van der Waals surface area (Å²) in [5.74, 6) is 3.39. The summed E-state index contributed by atoms with van der Waals surface area (Å²) in [7, 11) is 2.07. The molecule has 0 saturated carbocycles. The van der Waals surface area contributed by atoms with E-state index in [1.165, 1.54) is 11.1 Å². The van der Waals surface area contributed by atoms with Crippen LogP contribution in [0, 0.1) is 6.92 Å². The van der Waals surface area contributed by atoms with Gasteiger partial charge in [0.15, 0.2) is 5.16 Å². The summed E-state index contributed by atoms with van der Waals surface area (Å²) in [4.78, 5) is 2.59. The Morgan fingerprint density at radius 1 is 1.10 bits per heavy atom. The molecular weight excluding hydrogens is 430 g/mol. The van der Waals surface area contributed by atoms with Gasteiger partial charge in [-0.2, -0.15) is 0 Å². The molecule has 0 saturated heterocycles. The van der Waals surface area contributed by atoms with Gasteiger partial charge < -0.3 is 14.0 Å². The van der Waals surface area contributed by atoms with Gasteiger partial charge in [0.25, 0.3) is 0 Å². The molecule has 6 nitrogen and oxygen atoms in total. The Morgan fingerprint density at radius 2 is 1.87 bits per heavy atom. The number of rotatable bonds is 7. The van der Waals surface area contributed by atoms with Gasteiger partial charge in [-0.25, -0.2) is 0 Å². The van der Waals surface area contributed by atoms with Gasteiger partial charge in [0.05, 0.1) is 0 Å². The van der Waals surface area contributed by atoms with Crippen LogP contribution in [0.3, 0.4) is 0 Å². The van der Waals surface area contributed by atoms with Crippen LogP contribution in [-0.4, -0.2) is 50.2 Å². The Bertz CT molecular complexity index is 1000. The van der Waals surface area contributed by atoms with Gasteiger partial charge in [0, 0.05) is 43.4 Å². The van der Waals surface area contributed by atoms with E-state index in [9.17, 15) is 0 Å². The highest BCUT2D eigenvalue weighted by atomic mass is 35.5. The second kappa shape index (κ2) is 10.7. The van der Waals surface area contributed by atoms with Crippen LogP contribution >= 0.6 is 24.2 Å². The van der Waals surface area contributed by atoms with Crippen LogP contribution in [0.2, 0.25) is 0 Å². The molecule has 1 aromatic carbocycles. The van der Waals surface area contributed by atoms with Gasteiger partial charge >= 0.3 is 0 Å². The van der Waals surface area contributed by atoms with Gasteiger partial charge in [-0.3, -0.25) is 0 Å². The molecule has 0 fully saturated rings. The largest absolute Gasteiger partial charge is 0.361 e. The fourth-order valence-corrected chi connectivity index (χ4v) is 4.90. The van der Waals surface area contributed by atoms with Crippen molar-refractivity contribution >= 4 is 24.2 Å². The number of benzene rings is 1. The maximum atomic E-state index is 5.24. The molecule has 0 bridgehead atoms. The number of hydrogen-bond donors (Lipinski definition) is 0. The van der Waals surface area contributed by atoms with E-state index in [1.807, 2.05) is 24.8 Å². The van der Waals surface area contributed by atoms with Crippen LogP contribution in [0.1, 0.15) is 48.9 Å². The molecule has 0 radical (unpaired) electrons. The minimum Gasteiger partial charge on any atom is -0.361 e. The Hall–Kier alpha value is -1.83. The highest BCUT2D eigenvalue weighted by Gasteiger charge is 2.16. The van der Waals surface area contributed by atoms with Gasteiger partial charge in [-0.05, 0) is 49.9 Å². The third kappa shape index (κ3) is 5.70. The predicted molar refractivity (Wildman–Crippen MR) is 128 cm³/mol. The van der Waals surface area contributed by atoms with Crippen molar-refractivity contribution in [2.24, 2.45) is 7.05 Å². The average Bonchev–Trinajstić information content (AvgIpc) is 3.26. The van der Waals surface area contributed by atoms with Crippen LogP contribution in [0.4, 0.5) is 0 Å². The third-order valence-corrected chi connectivity index (χ3v) is 6.87. The Morgan fingerprint density at radius 3 is 2.55 bits per heavy atom. The molecule has 0 aliphatic carbocycles. The number of hydrogen-bond acceptors (Lipinski definition) is 6. The van der Waals surface area contributed by atoms with E-state index in [1.54, 1.807) is 0 Å². The summed E-state index contributed by atoms with van der Waals surface area (Å²) >= 11 is 1.81. The smallest absolute Gasteiger partial charge is 0.190 e. The van der Waals surface area contributed by atoms with Crippen LogP contribution in [-0.2, 0) is 19.9 Å². The van der Waals surface area contributed by atoms with Crippen LogP contribution < -0.4 is 0 Å². The maximum absolute atomic E-state index is 5.24. The first-order valence-electron chi connectivity index (χ1n) is 10.8. The molecule has 1 aliphatic heterocycles. The lowest BCUT2D eigenvalue weighted by Gasteiger charge is -2.19. The zero-order valence-corrected chi connectivity index (χ0v) is 20.4. The topological polar surface area (TPSA) is 60.0 Å². The van der Waals surface area contributed by atoms with Gasteiger partial charge in [-0.15, -0.1) is 22.6 Å². The molecule has 3 heterocycles. The molecule has 0 amide bonds. The van der Waals surface area contributed by atoms with E-state index in [2.05, 4.69) is 63.9 Å². The minimum absolute atomic E-state index is 0. The number of fused-ring (bicyclic) bond motifs is 1. The minimum atomic E-state index is 0. The molecule has 0 N–H and O–H groups in total. The quantitative estimate of drug-likeness (QED) is 0.368. The molecule has 0 atom stereocenters. The predicted octanol–water partition coefficient (Wildman–Crippen LogP) is 4.91. The van der Waals surface area contributed by atoms with Crippen molar-refractivity contribution in [1.82, 2.24) is 24.8 Å². The number of halogens is 1. The monoisotopic (exact) mass is 461 g/mol. The number of nitrogens with zero attached hydrogens (tertiary/aromatic N) is 5. The van der Waals surface area contributed by atoms with E-state index in [-0.39, 0.29) is 12.4 Å². The number of aryl methyl sites for hydroxylation is 1. The van der Waals surface area contributed by atoms with Crippen molar-refractivity contribution in [2.45, 2.75) is 51.1 Å². The lowest BCUT2D eigenvalue weighted by atomic mass is 9.99. The van der Waals surface area contributed by atoms with Gasteiger partial charge in [0.2, 0.25) is 0 Å². The molecule has 0 unspecified atom stereocenters. The zero-order valence-electron chi connectivity index (χ0n) is 18.8. The second-order valence-corrected chi connectivity index (χ2v) is 9.47. The first-order valence-corrected chi connectivity index (χ1v) is 11.8. The first kappa shape index (κ1) is 23.8. The highest BCUT2D eigenvalue weighted by molar-refractivity contribution is 7.99. The average molecular weight is 462 g/mol. The Balaban J connectivity index is 0.00000272. The maximum Gasteiger partial charge on any atom is 0.190 e. The zero-order chi connectivity index (χ0) is 21.1. The first-order chi connectivity index (χ1) is 14.5. The standard InChI is InChI=1S/C23H31N5OS.ClH/c1-16(2)22-24-25-23(27(22)4)30-13-5-10-28-11-8-18-6-7-20(15-19(18)9-12-28)21-14-17(3)29-26-21;/h6-7,14-16H,5,8-13H2,1-4H3;1H. The summed E-state index contributed by atoms with van der Waals surface area (Å²) < 4.78 is 7.37. The van der Waals surface area contributed by atoms with E-state index < -0.39 is 0 Å². The second-order valence-electron chi connectivity index (χ2n) is 8.40. The van der Waals surface area contributed by atoms with E-state index >= 15 is 0 Å². The fourth-order valence-electron chi connectivity index (χ4n) is 4.06. The van der Waals surface area contributed by atoms with Crippen molar-refractivity contribution < 1.29 is 4.52 Å². The molecule has 1 aliphatic rings. The van der Waals surface area contributed by atoms with E-state index in [0.717, 1.165) is 72.6 Å². The van der Waals surface area contributed by atoms with Crippen molar-refractivity contribution in [3.05, 3.63) is 47.0 Å². The van der Waals surface area contributed by atoms with Gasteiger partial charge in [0.1, 0.15) is 17.3 Å². The number of thioether (sulfide) groups is 1. The van der Waals surface area contributed by atoms with E-state index in [4.69, 9.17) is 4.52 Å². The molecule has 31 heavy (non-hydrogen) atoms. The molecule has 0 spiro atoms. The lowest BCUT2D eigenvalue weighted by molar-refractivity contribution is 0.289. The van der Waals surface area contributed by atoms with Crippen molar-refractivity contribution in [3.8, 4) is 11.3 Å².